The number of nitrogens with one attached hydrogen (secondary N) is 1. The van der Waals surface area contributed by atoms with Crippen LogP contribution in [0.3, 0.4) is 0 Å². The standard InChI is InChI=1S/C28H36Cl3N3O4S/c1-19-23(29)12-8-15-26(19)34(39(3,37)38)17-9-16-27(35)33(18-22-24(30)13-7-14-25(22)31)20(2)28(36)32-21-10-5-4-6-11-21/h7-8,12-15,20-21H,4-6,9-11,16-18H2,1-3H3,(H,32,36)/t20-/m1/s1. The molecule has 0 heterocycles. The van der Waals surface area contributed by atoms with Gasteiger partial charge in [0.1, 0.15) is 6.04 Å². The van der Waals surface area contributed by atoms with Gasteiger partial charge >= 0.3 is 0 Å². The van der Waals surface area contributed by atoms with Crippen LogP contribution in [0.1, 0.15) is 63.0 Å². The molecule has 39 heavy (non-hydrogen) atoms. The molecule has 0 radical (unpaired) electrons. The fourth-order valence-electron chi connectivity index (χ4n) is 4.85. The van der Waals surface area contributed by atoms with Gasteiger partial charge in [-0.1, -0.05) is 66.2 Å². The van der Waals surface area contributed by atoms with Crippen molar-refractivity contribution in [1.82, 2.24) is 10.2 Å². The molecule has 2 aromatic carbocycles. The van der Waals surface area contributed by atoms with E-state index in [0.717, 1.165) is 38.4 Å². The molecule has 2 aromatic rings. The zero-order chi connectivity index (χ0) is 28.7. The molecule has 0 aliphatic heterocycles. The van der Waals surface area contributed by atoms with Gasteiger partial charge in [0, 0.05) is 46.2 Å². The minimum absolute atomic E-state index is 0.0226. The first-order valence-corrected chi connectivity index (χ1v) is 16.1. The first-order chi connectivity index (χ1) is 18.4. The van der Waals surface area contributed by atoms with Crippen molar-refractivity contribution in [2.24, 2.45) is 0 Å². The van der Waals surface area contributed by atoms with Crippen molar-refractivity contribution < 1.29 is 18.0 Å². The molecule has 1 aliphatic carbocycles. The van der Waals surface area contributed by atoms with E-state index in [-0.39, 0.29) is 43.8 Å². The van der Waals surface area contributed by atoms with E-state index >= 15 is 0 Å². The number of carbonyl (C=O) groups excluding carboxylic acids is 2. The maximum atomic E-state index is 13.6. The maximum absolute atomic E-state index is 13.6. The third kappa shape index (κ3) is 8.49. The fraction of sp³-hybridized carbons (Fsp3) is 0.500. The molecule has 0 saturated heterocycles. The number of nitrogens with zero attached hydrogens (tertiary/aromatic N) is 2. The van der Waals surface area contributed by atoms with Crippen LogP contribution in [0.5, 0.6) is 0 Å². The average molecular weight is 617 g/mol. The molecular weight excluding hydrogens is 581 g/mol. The lowest BCUT2D eigenvalue weighted by molar-refractivity contribution is -0.141. The minimum Gasteiger partial charge on any atom is -0.352 e. The van der Waals surface area contributed by atoms with E-state index in [4.69, 9.17) is 34.8 Å². The molecule has 1 aliphatic rings. The van der Waals surface area contributed by atoms with Crippen molar-refractivity contribution in [2.75, 3.05) is 17.1 Å². The minimum atomic E-state index is -3.63. The van der Waals surface area contributed by atoms with Gasteiger partial charge in [-0.25, -0.2) is 8.42 Å². The van der Waals surface area contributed by atoms with Gasteiger partial charge in [0.25, 0.3) is 0 Å². The van der Waals surface area contributed by atoms with E-state index in [2.05, 4.69) is 5.32 Å². The first kappa shape index (κ1) is 31.5. The van der Waals surface area contributed by atoms with Crippen molar-refractivity contribution >= 4 is 62.3 Å². The van der Waals surface area contributed by atoms with Gasteiger partial charge in [0.05, 0.1) is 11.9 Å². The Labute approximate surface area is 246 Å². The summed E-state index contributed by atoms with van der Waals surface area (Å²) in [5, 5.41) is 4.36. The lowest BCUT2D eigenvalue weighted by Gasteiger charge is -2.32. The molecular formula is C28H36Cl3N3O4S. The fourth-order valence-corrected chi connectivity index (χ4v) is 6.56. The van der Waals surface area contributed by atoms with E-state index in [1.165, 1.54) is 9.21 Å². The average Bonchev–Trinajstić information content (AvgIpc) is 2.88. The van der Waals surface area contributed by atoms with Crippen LogP contribution >= 0.6 is 34.8 Å². The molecule has 3 rings (SSSR count). The number of sulfonamides is 1. The van der Waals surface area contributed by atoms with E-state index in [1.54, 1.807) is 50.2 Å². The summed E-state index contributed by atoms with van der Waals surface area (Å²) in [4.78, 5) is 28.3. The molecule has 1 fully saturated rings. The van der Waals surface area contributed by atoms with Crippen LogP contribution in [0.15, 0.2) is 36.4 Å². The number of rotatable bonds is 11. The molecule has 0 bridgehead atoms. The number of hydrogen-bond acceptors (Lipinski definition) is 4. The molecule has 7 nitrogen and oxygen atoms in total. The Morgan fingerprint density at radius 1 is 1.00 bits per heavy atom. The zero-order valence-electron chi connectivity index (χ0n) is 22.6. The molecule has 1 N–H and O–H groups in total. The van der Waals surface area contributed by atoms with Crippen LogP contribution in [0.2, 0.25) is 15.1 Å². The number of carbonyl (C=O) groups is 2. The Hall–Kier alpha value is -2.00. The highest BCUT2D eigenvalue weighted by atomic mass is 35.5. The third-order valence-electron chi connectivity index (χ3n) is 7.17. The monoisotopic (exact) mass is 615 g/mol. The van der Waals surface area contributed by atoms with Crippen molar-refractivity contribution in [2.45, 2.75) is 77.4 Å². The van der Waals surface area contributed by atoms with Gasteiger partial charge in [0.2, 0.25) is 21.8 Å². The third-order valence-corrected chi connectivity index (χ3v) is 9.47. The summed E-state index contributed by atoms with van der Waals surface area (Å²) >= 11 is 19.0. The molecule has 214 valence electrons. The molecule has 1 saturated carbocycles. The summed E-state index contributed by atoms with van der Waals surface area (Å²) < 4.78 is 26.5. The largest absolute Gasteiger partial charge is 0.352 e. The van der Waals surface area contributed by atoms with Gasteiger partial charge in [0.15, 0.2) is 0 Å². The smallest absolute Gasteiger partial charge is 0.242 e. The molecule has 1 atom stereocenters. The number of amides is 2. The van der Waals surface area contributed by atoms with Crippen molar-refractivity contribution in [3.05, 3.63) is 62.6 Å². The van der Waals surface area contributed by atoms with E-state index in [0.29, 0.717) is 31.9 Å². The number of hydrogen-bond donors (Lipinski definition) is 1. The summed E-state index contributed by atoms with van der Waals surface area (Å²) in [6.07, 6.45) is 6.53. The van der Waals surface area contributed by atoms with Crippen LogP contribution in [0.4, 0.5) is 5.69 Å². The second kappa shape index (κ2) is 14.1. The first-order valence-electron chi connectivity index (χ1n) is 13.2. The Balaban J connectivity index is 1.78. The van der Waals surface area contributed by atoms with Gasteiger partial charge in [-0.2, -0.15) is 0 Å². The second-order valence-corrected chi connectivity index (χ2v) is 13.2. The van der Waals surface area contributed by atoms with Gasteiger partial charge < -0.3 is 10.2 Å². The zero-order valence-corrected chi connectivity index (χ0v) is 25.6. The summed E-state index contributed by atoms with van der Waals surface area (Å²) in [6, 6.07) is 9.50. The van der Waals surface area contributed by atoms with Crippen molar-refractivity contribution in [3.8, 4) is 0 Å². The molecule has 0 unspecified atom stereocenters. The second-order valence-electron chi connectivity index (χ2n) is 10.1. The maximum Gasteiger partial charge on any atom is 0.242 e. The lowest BCUT2D eigenvalue weighted by atomic mass is 9.95. The van der Waals surface area contributed by atoms with Crippen LogP contribution in [-0.2, 0) is 26.2 Å². The Morgan fingerprint density at radius 2 is 1.59 bits per heavy atom. The molecule has 11 heteroatoms. The quantitative estimate of drug-likeness (QED) is 0.318. The number of benzene rings is 2. The van der Waals surface area contributed by atoms with Gasteiger partial charge in [-0.15, -0.1) is 0 Å². The molecule has 2 amide bonds. The highest BCUT2D eigenvalue weighted by molar-refractivity contribution is 7.92. The van der Waals surface area contributed by atoms with E-state index in [1.807, 2.05) is 0 Å². The van der Waals surface area contributed by atoms with E-state index in [9.17, 15) is 18.0 Å². The lowest BCUT2D eigenvalue weighted by Crippen LogP contribution is -2.50. The predicted molar refractivity (Wildman–Crippen MR) is 159 cm³/mol. The highest BCUT2D eigenvalue weighted by Crippen LogP contribution is 2.30. The molecule has 0 spiro atoms. The van der Waals surface area contributed by atoms with Crippen LogP contribution in [0.25, 0.3) is 0 Å². The summed E-state index contributed by atoms with van der Waals surface area (Å²) in [5.41, 5.74) is 1.66. The SMILES string of the molecule is Cc1c(Cl)cccc1N(CCCC(=O)N(Cc1c(Cl)cccc1Cl)[C@H](C)C(=O)NC1CCCCC1)S(C)(=O)=O. The predicted octanol–water partition coefficient (Wildman–Crippen LogP) is 6.37. The van der Waals surface area contributed by atoms with Crippen LogP contribution < -0.4 is 9.62 Å². The summed E-state index contributed by atoms with van der Waals surface area (Å²) in [7, 11) is -3.63. The van der Waals surface area contributed by atoms with Gasteiger partial charge in [-0.3, -0.25) is 13.9 Å². The Kier molecular flexibility index (Phi) is 11.4. The normalized spacial score (nSPS) is 15.0. The Morgan fingerprint density at radius 3 is 2.21 bits per heavy atom. The highest BCUT2D eigenvalue weighted by Gasteiger charge is 2.29. The summed E-state index contributed by atoms with van der Waals surface area (Å²) in [6.45, 7) is 3.58. The summed E-state index contributed by atoms with van der Waals surface area (Å²) in [5.74, 6) is -0.528. The molecule has 0 aromatic heterocycles. The topological polar surface area (TPSA) is 86.8 Å². The van der Waals surface area contributed by atoms with Gasteiger partial charge in [-0.05, 0) is 62.9 Å². The van der Waals surface area contributed by atoms with E-state index < -0.39 is 16.1 Å². The van der Waals surface area contributed by atoms with Crippen LogP contribution in [0, 0.1) is 6.92 Å². The Bertz CT molecular complexity index is 1260. The van der Waals surface area contributed by atoms with Crippen molar-refractivity contribution in [3.63, 3.8) is 0 Å². The number of halogens is 3. The van der Waals surface area contributed by atoms with Crippen LogP contribution in [-0.4, -0.2) is 50.0 Å². The number of anilines is 1. The van der Waals surface area contributed by atoms with Crippen molar-refractivity contribution in [1.29, 1.82) is 0 Å².